The molecule has 1 N–H and O–H groups in total. The van der Waals surface area contributed by atoms with Gasteiger partial charge in [0.2, 0.25) is 0 Å². The highest BCUT2D eigenvalue weighted by Crippen LogP contribution is 2.26. The lowest BCUT2D eigenvalue weighted by atomic mass is 9.99. The van der Waals surface area contributed by atoms with Crippen molar-refractivity contribution in [2.24, 2.45) is 7.05 Å². The molecule has 0 spiro atoms. The van der Waals surface area contributed by atoms with Crippen LogP contribution in [0.4, 0.5) is 0 Å². The van der Waals surface area contributed by atoms with Crippen molar-refractivity contribution in [3.05, 3.63) is 41.7 Å². The molecular formula is C13H14N2O2. The topological polar surface area (TPSA) is 55.1 Å². The highest BCUT2D eigenvalue weighted by molar-refractivity contribution is 5.96. The molecule has 1 aromatic carbocycles. The van der Waals surface area contributed by atoms with Gasteiger partial charge < -0.3 is 5.11 Å². The van der Waals surface area contributed by atoms with Crippen molar-refractivity contribution >= 4 is 5.97 Å². The van der Waals surface area contributed by atoms with E-state index in [0.29, 0.717) is 5.56 Å². The maximum atomic E-state index is 11.2. The number of nitrogens with zero attached hydrogens (tertiary/aromatic N) is 2. The molecule has 0 radical (unpaired) electrons. The van der Waals surface area contributed by atoms with Gasteiger partial charge in [-0.3, -0.25) is 4.68 Å². The van der Waals surface area contributed by atoms with Crippen LogP contribution >= 0.6 is 0 Å². The summed E-state index contributed by atoms with van der Waals surface area (Å²) in [5.41, 5.74) is 2.86. The van der Waals surface area contributed by atoms with Crippen LogP contribution in [0.3, 0.4) is 0 Å². The zero-order valence-corrected chi connectivity index (χ0v) is 9.84. The van der Waals surface area contributed by atoms with Crippen molar-refractivity contribution in [3.63, 3.8) is 0 Å². The van der Waals surface area contributed by atoms with Gasteiger partial charge in [0.25, 0.3) is 0 Å². The van der Waals surface area contributed by atoms with Gasteiger partial charge in [-0.25, -0.2) is 4.79 Å². The highest BCUT2D eigenvalue weighted by atomic mass is 16.4. The molecule has 1 aromatic heterocycles. The minimum absolute atomic E-state index is 0.315. The first-order valence-corrected chi connectivity index (χ1v) is 5.48. The third-order valence-corrected chi connectivity index (χ3v) is 2.69. The van der Waals surface area contributed by atoms with Crippen molar-refractivity contribution in [1.82, 2.24) is 9.78 Å². The molecular weight excluding hydrogens is 216 g/mol. The maximum absolute atomic E-state index is 11.2. The number of hydrogen-bond donors (Lipinski definition) is 1. The van der Waals surface area contributed by atoms with E-state index in [4.69, 9.17) is 0 Å². The van der Waals surface area contributed by atoms with Gasteiger partial charge in [0, 0.05) is 18.8 Å². The molecule has 1 heterocycles. The number of carbonyl (C=O) groups is 1. The first kappa shape index (κ1) is 11.4. The van der Waals surface area contributed by atoms with E-state index >= 15 is 0 Å². The molecule has 0 saturated carbocycles. The second-order valence-electron chi connectivity index (χ2n) is 3.87. The van der Waals surface area contributed by atoms with Gasteiger partial charge >= 0.3 is 5.97 Å². The Balaban J connectivity index is 2.63. The number of benzene rings is 1. The Morgan fingerprint density at radius 2 is 2.06 bits per heavy atom. The maximum Gasteiger partial charge on any atom is 0.336 e. The fourth-order valence-electron chi connectivity index (χ4n) is 1.93. The number of aryl methyl sites for hydroxylation is 2. The summed E-state index contributed by atoms with van der Waals surface area (Å²) in [5.74, 6) is -0.911. The molecule has 0 unspecified atom stereocenters. The lowest BCUT2D eigenvalue weighted by Gasteiger charge is -2.04. The number of carboxylic acid groups (broad SMARTS) is 1. The van der Waals surface area contributed by atoms with E-state index in [9.17, 15) is 9.90 Å². The zero-order chi connectivity index (χ0) is 12.4. The summed E-state index contributed by atoms with van der Waals surface area (Å²) in [4.78, 5) is 11.2. The molecule has 0 aliphatic heterocycles. The smallest absolute Gasteiger partial charge is 0.336 e. The Bertz CT molecular complexity index is 558. The van der Waals surface area contributed by atoms with Crippen molar-refractivity contribution in [2.45, 2.75) is 13.3 Å². The summed E-state index contributed by atoms with van der Waals surface area (Å²) in [6, 6.07) is 7.01. The molecule has 0 saturated heterocycles. The zero-order valence-electron chi connectivity index (χ0n) is 9.84. The summed E-state index contributed by atoms with van der Waals surface area (Å²) in [7, 11) is 1.84. The third-order valence-electron chi connectivity index (χ3n) is 2.69. The predicted molar refractivity (Wildman–Crippen MR) is 65.0 cm³/mol. The average Bonchev–Trinajstić information content (AvgIpc) is 2.70. The van der Waals surface area contributed by atoms with Crippen LogP contribution in [0.25, 0.3) is 11.1 Å². The normalized spacial score (nSPS) is 10.5. The van der Waals surface area contributed by atoms with Gasteiger partial charge in [-0.15, -0.1) is 0 Å². The number of carboxylic acids is 1. The van der Waals surface area contributed by atoms with Crippen LogP contribution in [0, 0.1) is 0 Å². The lowest BCUT2D eigenvalue weighted by molar-refractivity contribution is 0.0697. The Kier molecular flexibility index (Phi) is 2.95. The Hall–Kier alpha value is -2.10. The Morgan fingerprint density at radius 1 is 1.35 bits per heavy atom. The molecule has 0 atom stereocenters. The molecule has 0 bridgehead atoms. The van der Waals surface area contributed by atoms with Gasteiger partial charge in [-0.2, -0.15) is 5.10 Å². The minimum Gasteiger partial charge on any atom is -0.478 e. The van der Waals surface area contributed by atoms with E-state index in [1.165, 1.54) is 0 Å². The van der Waals surface area contributed by atoms with Crippen molar-refractivity contribution in [2.75, 3.05) is 0 Å². The molecule has 2 aromatic rings. The summed E-state index contributed by atoms with van der Waals surface area (Å²) in [5, 5.41) is 13.5. The number of aromatic carboxylic acids is 1. The quantitative estimate of drug-likeness (QED) is 0.880. The molecule has 4 heteroatoms. The lowest BCUT2D eigenvalue weighted by Crippen LogP contribution is -1.99. The van der Waals surface area contributed by atoms with Crippen LogP contribution < -0.4 is 0 Å². The second-order valence-corrected chi connectivity index (χ2v) is 3.87. The van der Waals surface area contributed by atoms with Crippen LogP contribution in [0.2, 0.25) is 0 Å². The van der Waals surface area contributed by atoms with Gasteiger partial charge in [-0.05, 0) is 18.1 Å². The highest BCUT2D eigenvalue weighted by Gasteiger charge is 2.15. The van der Waals surface area contributed by atoms with Gasteiger partial charge in [0.05, 0.1) is 11.3 Å². The van der Waals surface area contributed by atoms with Crippen LogP contribution in [0.1, 0.15) is 23.0 Å². The second kappa shape index (κ2) is 4.41. The monoisotopic (exact) mass is 230 g/mol. The largest absolute Gasteiger partial charge is 0.478 e. The van der Waals surface area contributed by atoms with Gasteiger partial charge in [0.15, 0.2) is 0 Å². The summed E-state index contributed by atoms with van der Waals surface area (Å²) >= 11 is 0. The molecule has 17 heavy (non-hydrogen) atoms. The standard InChI is InChI=1S/C13H14N2O2/c1-3-12-11(8-15(2)14-12)9-6-4-5-7-10(9)13(16)17/h4-8H,3H2,1-2H3,(H,16,17). The summed E-state index contributed by atoms with van der Waals surface area (Å²) in [6.45, 7) is 2.01. The third kappa shape index (κ3) is 2.06. The van der Waals surface area contributed by atoms with E-state index in [-0.39, 0.29) is 0 Å². The molecule has 0 aliphatic carbocycles. The van der Waals surface area contributed by atoms with Crippen LogP contribution in [0.5, 0.6) is 0 Å². The van der Waals surface area contributed by atoms with E-state index in [1.54, 1.807) is 16.8 Å². The van der Waals surface area contributed by atoms with Gasteiger partial charge in [0.1, 0.15) is 0 Å². The van der Waals surface area contributed by atoms with E-state index in [0.717, 1.165) is 23.2 Å². The Morgan fingerprint density at radius 3 is 2.71 bits per heavy atom. The summed E-state index contributed by atoms with van der Waals surface area (Å²) < 4.78 is 1.72. The number of hydrogen-bond acceptors (Lipinski definition) is 2. The molecule has 0 fully saturated rings. The van der Waals surface area contributed by atoms with Gasteiger partial charge in [-0.1, -0.05) is 25.1 Å². The number of rotatable bonds is 3. The average molecular weight is 230 g/mol. The van der Waals surface area contributed by atoms with Crippen LogP contribution in [-0.2, 0) is 13.5 Å². The van der Waals surface area contributed by atoms with Crippen molar-refractivity contribution in [3.8, 4) is 11.1 Å². The van der Waals surface area contributed by atoms with E-state index in [1.807, 2.05) is 32.3 Å². The van der Waals surface area contributed by atoms with E-state index in [2.05, 4.69) is 5.10 Å². The predicted octanol–water partition coefficient (Wildman–Crippen LogP) is 2.35. The fraction of sp³-hybridized carbons (Fsp3) is 0.231. The molecule has 88 valence electrons. The summed E-state index contributed by atoms with van der Waals surface area (Å²) in [6.07, 6.45) is 2.64. The molecule has 2 rings (SSSR count). The van der Waals surface area contributed by atoms with Crippen LogP contribution in [0.15, 0.2) is 30.5 Å². The van der Waals surface area contributed by atoms with E-state index < -0.39 is 5.97 Å². The van der Waals surface area contributed by atoms with Crippen molar-refractivity contribution in [1.29, 1.82) is 0 Å². The Labute approximate surface area is 99.5 Å². The first-order chi connectivity index (χ1) is 8.13. The number of aromatic nitrogens is 2. The van der Waals surface area contributed by atoms with Crippen LogP contribution in [-0.4, -0.2) is 20.9 Å². The van der Waals surface area contributed by atoms with Crippen molar-refractivity contribution < 1.29 is 9.90 Å². The fourth-order valence-corrected chi connectivity index (χ4v) is 1.93. The molecule has 4 nitrogen and oxygen atoms in total. The minimum atomic E-state index is -0.911. The molecule has 0 aliphatic rings. The molecule has 0 amide bonds. The SMILES string of the molecule is CCc1nn(C)cc1-c1ccccc1C(=O)O. The first-order valence-electron chi connectivity index (χ1n) is 5.48.